The van der Waals surface area contributed by atoms with Gasteiger partial charge in [0.15, 0.2) is 0 Å². The van der Waals surface area contributed by atoms with Gasteiger partial charge in [-0.3, -0.25) is 4.98 Å². The zero-order chi connectivity index (χ0) is 16.4. The summed E-state index contributed by atoms with van der Waals surface area (Å²) in [5.74, 6) is 1.39. The number of ether oxygens (including phenoxy) is 1. The highest BCUT2D eigenvalue weighted by atomic mass is 16.5. The maximum absolute atomic E-state index is 5.76. The van der Waals surface area contributed by atoms with Crippen LogP contribution in [0, 0.1) is 6.92 Å². The second-order valence-corrected chi connectivity index (χ2v) is 5.43. The summed E-state index contributed by atoms with van der Waals surface area (Å²) in [6.45, 7) is 4.81. The Bertz CT molecular complexity index is 830. The number of pyridine rings is 1. The van der Waals surface area contributed by atoms with Gasteiger partial charge in [0.2, 0.25) is 5.95 Å². The zero-order valence-electron chi connectivity index (χ0n) is 13.2. The summed E-state index contributed by atoms with van der Waals surface area (Å²) in [5, 5.41) is 8.19. The summed E-state index contributed by atoms with van der Waals surface area (Å²) in [6, 6.07) is 5.53. The van der Waals surface area contributed by atoms with Crippen LogP contribution < -0.4 is 4.90 Å². The minimum atomic E-state index is 0.366. The van der Waals surface area contributed by atoms with E-state index in [-0.39, 0.29) is 0 Å². The number of anilines is 1. The van der Waals surface area contributed by atoms with E-state index < -0.39 is 0 Å². The van der Waals surface area contributed by atoms with Crippen LogP contribution in [0.25, 0.3) is 23.2 Å². The molecule has 8 heteroatoms. The summed E-state index contributed by atoms with van der Waals surface area (Å²) in [5.41, 5.74) is 2.15. The summed E-state index contributed by atoms with van der Waals surface area (Å²) in [4.78, 5) is 15.3. The SMILES string of the molecule is Cc1cnc(N2CCOCC2)nc1-c1nnc(-c2ccccn2)o1. The molecule has 4 rings (SSSR count). The van der Waals surface area contributed by atoms with Crippen LogP contribution in [0.1, 0.15) is 5.56 Å². The topological polar surface area (TPSA) is 90.1 Å². The Morgan fingerprint density at radius 2 is 1.88 bits per heavy atom. The molecule has 0 spiro atoms. The first-order chi connectivity index (χ1) is 11.8. The highest BCUT2D eigenvalue weighted by Gasteiger charge is 2.19. The standard InChI is InChI=1S/C16H16N6O2/c1-11-10-18-16(22-6-8-23-9-7-22)19-13(11)15-21-20-14(24-15)12-4-2-3-5-17-12/h2-5,10H,6-9H2,1H3. The summed E-state index contributed by atoms with van der Waals surface area (Å²) in [6.07, 6.45) is 3.46. The molecule has 0 unspecified atom stereocenters. The molecular formula is C16H16N6O2. The number of nitrogens with zero attached hydrogens (tertiary/aromatic N) is 6. The average Bonchev–Trinajstić information content (AvgIpc) is 3.13. The zero-order valence-corrected chi connectivity index (χ0v) is 13.2. The van der Waals surface area contributed by atoms with Crippen molar-refractivity contribution in [3.63, 3.8) is 0 Å². The molecule has 4 heterocycles. The fraction of sp³-hybridized carbons (Fsp3) is 0.312. The summed E-state index contributed by atoms with van der Waals surface area (Å²) >= 11 is 0. The number of rotatable bonds is 3. The van der Waals surface area contributed by atoms with E-state index in [1.165, 1.54) is 0 Å². The quantitative estimate of drug-likeness (QED) is 0.719. The van der Waals surface area contributed by atoms with Crippen LogP contribution in [0.15, 0.2) is 35.0 Å². The van der Waals surface area contributed by atoms with Crippen LogP contribution in [-0.4, -0.2) is 51.5 Å². The van der Waals surface area contributed by atoms with Gasteiger partial charge in [0.05, 0.1) is 13.2 Å². The van der Waals surface area contributed by atoms with Crippen LogP contribution in [-0.2, 0) is 4.74 Å². The largest absolute Gasteiger partial charge is 0.413 e. The molecule has 3 aromatic rings. The highest BCUT2D eigenvalue weighted by molar-refractivity contribution is 5.56. The predicted molar refractivity (Wildman–Crippen MR) is 86.3 cm³/mol. The van der Waals surface area contributed by atoms with Crippen LogP contribution in [0.4, 0.5) is 5.95 Å². The second-order valence-electron chi connectivity index (χ2n) is 5.43. The summed E-state index contributed by atoms with van der Waals surface area (Å²) in [7, 11) is 0. The summed E-state index contributed by atoms with van der Waals surface area (Å²) < 4.78 is 11.1. The van der Waals surface area contributed by atoms with Crippen molar-refractivity contribution in [3.05, 3.63) is 36.2 Å². The Balaban J connectivity index is 1.67. The number of hydrogen-bond acceptors (Lipinski definition) is 8. The molecule has 0 atom stereocenters. The molecule has 1 aliphatic rings. The highest BCUT2D eigenvalue weighted by Crippen LogP contribution is 2.25. The van der Waals surface area contributed by atoms with Crippen LogP contribution in [0.2, 0.25) is 0 Å². The van der Waals surface area contributed by atoms with E-state index in [1.807, 2.05) is 25.1 Å². The van der Waals surface area contributed by atoms with Gasteiger partial charge in [0.1, 0.15) is 11.4 Å². The third-order valence-electron chi connectivity index (χ3n) is 3.76. The molecule has 0 aromatic carbocycles. The van der Waals surface area contributed by atoms with E-state index in [4.69, 9.17) is 9.15 Å². The molecule has 1 fully saturated rings. The van der Waals surface area contributed by atoms with Crippen molar-refractivity contribution in [1.82, 2.24) is 25.1 Å². The fourth-order valence-corrected chi connectivity index (χ4v) is 2.48. The first-order valence-corrected chi connectivity index (χ1v) is 7.73. The molecule has 0 N–H and O–H groups in total. The van der Waals surface area contributed by atoms with Crippen LogP contribution in [0.5, 0.6) is 0 Å². The van der Waals surface area contributed by atoms with Gasteiger partial charge in [0.25, 0.3) is 11.8 Å². The molecule has 122 valence electrons. The predicted octanol–water partition coefficient (Wildman–Crippen LogP) is 1.73. The van der Waals surface area contributed by atoms with Crippen molar-refractivity contribution in [1.29, 1.82) is 0 Å². The lowest BCUT2D eigenvalue weighted by atomic mass is 10.2. The van der Waals surface area contributed by atoms with E-state index >= 15 is 0 Å². The smallest absolute Gasteiger partial charge is 0.267 e. The molecule has 0 amide bonds. The number of morpholine rings is 1. The van der Waals surface area contributed by atoms with Gasteiger partial charge in [-0.25, -0.2) is 9.97 Å². The number of aromatic nitrogens is 5. The van der Waals surface area contributed by atoms with Gasteiger partial charge in [0, 0.05) is 25.5 Å². The van der Waals surface area contributed by atoms with E-state index in [1.54, 1.807) is 12.4 Å². The molecule has 8 nitrogen and oxygen atoms in total. The van der Waals surface area contributed by atoms with Gasteiger partial charge in [-0.15, -0.1) is 10.2 Å². The lowest BCUT2D eigenvalue weighted by molar-refractivity contribution is 0.122. The Morgan fingerprint density at radius 1 is 1.04 bits per heavy atom. The Kier molecular flexibility index (Phi) is 3.87. The average molecular weight is 324 g/mol. The third-order valence-corrected chi connectivity index (χ3v) is 3.76. The first-order valence-electron chi connectivity index (χ1n) is 7.73. The first kappa shape index (κ1) is 14.7. The van der Waals surface area contributed by atoms with Gasteiger partial charge in [-0.05, 0) is 24.6 Å². The number of aryl methyl sites for hydroxylation is 1. The molecule has 1 saturated heterocycles. The second kappa shape index (κ2) is 6.32. The molecule has 0 radical (unpaired) electrons. The van der Waals surface area contributed by atoms with Crippen molar-refractivity contribution in [2.75, 3.05) is 31.2 Å². The lowest BCUT2D eigenvalue weighted by Crippen LogP contribution is -2.37. The van der Waals surface area contributed by atoms with Gasteiger partial charge >= 0.3 is 0 Å². The maximum Gasteiger partial charge on any atom is 0.267 e. The molecule has 24 heavy (non-hydrogen) atoms. The van der Waals surface area contributed by atoms with E-state index in [2.05, 4.69) is 30.0 Å². The van der Waals surface area contributed by atoms with Crippen LogP contribution >= 0.6 is 0 Å². The lowest BCUT2D eigenvalue weighted by Gasteiger charge is -2.26. The van der Waals surface area contributed by atoms with E-state index in [0.717, 1.165) is 18.7 Å². The molecule has 0 saturated carbocycles. The Hall–Kier alpha value is -2.87. The van der Waals surface area contributed by atoms with E-state index in [0.29, 0.717) is 42.3 Å². The molecule has 1 aliphatic heterocycles. The molecule has 3 aromatic heterocycles. The van der Waals surface area contributed by atoms with Crippen molar-refractivity contribution in [2.24, 2.45) is 0 Å². The maximum atomic E-state index is 5.76. The van der Waals surface area contributed by atoms with Crippen molar-refractivity contribution in [2.45, 2.75) is 6.92 Å². The Morgan fingerprint density at radius 3 is 2.67 bits per heavy atom. The minimum absolute atomic E-state index is 0.366. The molecule has 0 bridgehead atoms. The van der Waals surface area contributed by atoms with Crippen molar-refractivity contribution >= 4 is 5.95 Å². The van der Waals surface area contributed by atoms with Gasteiger partial charge < -0.3 is 14.1 Å². The normalized spacial score (nSPS) is 14.8. The molecule has 0 aliphatic carbocycles. The van der Waals surface area contributed by atoms with Crippen LogP contribution in [0.3, 0.4) is 0 Å². The van der Waals surface area contributed by atoms with Gasteiger partial charge in [-0.2, -0.15) is 0 Å². The van der Waals surface area contributed by atoms with Gasteiger partial charge in [-0.1, -0.05) is 6.07 Å². The van der Waals surface area contributed by atoms with E-state index in [9.17, 15) is 0 Å². The van der Waals surface area contributed by atoms with Crippen molar-refractivity contribution < 1.29 is 9.15 Å². The molecular weight excluding hydrogens is 308 g/mol. The minimum Gasteiger partial charge on any atom is -0.413 e. The monoisotopic (exact) mass is 324 g/mol. The Labute approximate surface area is 138 Å². The third kappa shape index (κ3) is 2.83. The van der Waals surface area contributed by atoms with Crippen molar-refractivity contribution in [3.8, 4) is 23.2 Å². The number of hydrogen-bond donors (Lipinski definition) is 0. The fourth-order valence-electron chi connectivity index (χ4n) is 2.48.